The zero-order valence-electron chi connectivity index (χ0n) is 9.76. The summed E-state index contributed by atoms with van der Waals surface area (Å²) in [5.74, 6) is 0.790. The summed E-state index contributed by atoms with van der Waals surface area (Å²) >= 11 is 5.90. The molecule has 0 atom stereocenters. The Bertz CT molecular complexity index is 733. The van der Waals surface area contributed by atoms with Crippen LogP contribution >= 0.6 is 11.6 Å². The van der Waals surface area contributed by atoms with Gasteiger partial charge in [0.15, 0.2) is 5.65 Å². The van der Waals surface area contributed by atoms with Crippen LogP contribution in [0.1, 0.15) is 0 Å². The summed E-state index contributed by atoms with van der Waals surface area (Å²) in [4.78, 5) is 8.74. The van der Waals surface area contributed by atoms with E-state index in [1.165, 1.54) is 0 Å². The Morgan fingerprint density at radius 2 is 2.11 bits per heavy atom. The van der Waals surface area contributed by atoms with Gasteiger partial charge in [0, 0.05) is 29.5 Å². The van der Waals surface area contributed by atoms with E-state index in [1.54, 1.807) is 18.3 Å². The number of imidazole rings is 1. The van der Waals surface area contributed by atoms with Gasteiger partial charge in [-0.15, -0.1) is 0 Å². The van der Waals surface area contributed by atoms with Crippen LogP contribution in [0.5, 0.6) is 0 Å². The van der Waals surface area contributed by atoms with Gasteiger partial charge in [-0.05, 0) is 30.3 Å². The number of rotatable bonds is 1. The van der Waals surface area contributed by atoms with E-state index in [1.807, 2.05) is 29.8 Å². The number of halogens is 1. The molecule has 0 unspecified atom stereocenters. The Kier molecular flexibility index (Phi) is 2.45. The Balaban J connectivity index is 2.28. The number of anilines is 1. The van der Waals surface area contributed by atoms with E-state index in [0.29, 0.717) is 16.4 Å². The van der Waals surface area contributed by atoms with E-state index in [-0.39, 0.29) is 0 Å². The Morgan fingerprint density at radius 3 is 2.83 bits per heavy atom. The first-order valence-electron chi connectivity index (χ1n) is 5.49. The van der Waals surface area contributed by atoms with Crippen molar-refractivity contribution < 1.29 is 0 Å². The molecule has 5 heteroatoms. The third-order valence-corrected chi connectivity index (χ3v) is 3.15. The van der Waals surface area contributed by atoms with Gasteiger partial charge in [0.1, 0.15) is 5.82 Å². The molecule has 2 N–H and O–H groups in total. The molecule has 0 bridgehead atoms. The number of pyridine rings is 1. The summed E-state index contributed by atoms with van der Waals surface area (Å²) in [7, 11) is 1.94. The highest BCUT2D eigenvalue weighted by Crippen LogP contribution is 2.29. The molecule has 18 heavy (non-hydrogen) atoms. The van der Waals surface area contributed by atoms with Crippen LogP contribution in [-0.2, 0) is 7.05 Å². The number of nitrogens with zero attached hydrogens (tertiary/aromatic N) is 3. The molecule has 0 aliphatic carbocycles. The molecule has 1 aromatic carbocycles. The predicted octanol–water partition coefficient (Wildman–Crippen LogP) is 2.87. The van der Waals surface area contributed by atoms with E-state index >= 15 is 0 Å². The molecule has 0 aliphatic heterocycles. The van der Waals surface area contributed by atoms with Crippen LogP contribution in [-0.4, -0.2) is 14.5 Å². The molecule has 4 nitrogen and oxygen atoms in total. The van der Waals surface area contributed by atoms with Crippen molar-refractivity contribution in [2.75, 3.05) is 5.73 Å². The van der Waals surface area contributed by atoms with Crippen LogP contribution < -0.4 is 5.73 Å². The topological polar surface area (TPSA) is 56.7 Å². The lowest BCUT2D eigenvalue weighted by molar-refractivity contribution is 0.960. The number of hydrogen-bond donors (Lipinski definition) is 1. The lowest BCUT2D eigenvalue weighted by Crippen LogP contribution is -1.96. The van der Waals surface area contributed by atoms with E-state index in [4.69, 9.17) is 17.3 Å². The Labute approximate surface area is 109 Å². The van der Waals surface area contributed by atoms with Crippen LogP contribution in [0.2, 0.25) is 5.02 Å². The van der Waals surface area contributed by atoms with E-state index < -0.39 is 0 Å². The van der Waals surface area contributed by atoms with Gasteiger partial charge in [-0.2, -0.15) is 0 Å². The summed E-state index contributed by atoms with van der Waals surface area (Å²) in [6.07, 6.45) is 1.73. The van der Waals surface area contributed by atoms with Crippen LogP contribution in [0.4, 0.5) is 5.69 Å². The summed E-state index contributed by atoms with van der Waals surface area (Å²) in [5.41, 5.74) is 9.15. The second-order valence-corrected chi connectivity index (χ2v) is 4.51. The molecule has 2 heterocycles. The van der Waals surface area contributed by atoms with Gasteiger partial charge in [0.05, 0.1) is 5.52 Å². The van der Waals surface area contributed by atoms with Gasteiger partial charge in [-0.1, -0.05) is 11.6 Å². The maximum atomic E-state index is 5.99. The first-order valence-corrected chi connectivity index (χ1v) is 5.87. The second-order valence-electron chi connectivity index (χ2n) is 4.07. The van der Waals surface area contributed by atoms with Crippen molar-refractivity contribution in [3.8, 4) is 11.4 Å². The maximum Gasteiger partial charge on any atom is 0.178 e. The Hall–Kier alpha value is -2.07. The molecule has 0 fully saturated rings. The van der Waals surface area contributed by atoms with Crippen LogP contribution in [0.25, 0.3) is 22.6 Å². The van der Waals surface area contributed by atoms with Crippen molar-refractivity contribution >= 4 is 28.5 Å². The number of hydrogen-bond acceptors (Lipinski definition) is 3. The summed E-state index contributed by atoms with van der Waals surface area (Å²) in [6, 6.07) is 9.27. The zero-order valence-corrected chi connectivity index (χ0v) is 10.5. The minimum absolute atomic E-state index is 0.612. The third kappa shape index (κ3) is 1.62. The zero-order chi connectivity index (χ0) is 12.7. The fraction of sp³-hybridized carbons (Fsp3) is 0.0769. The van der Waals surface area contributed by atoms with Gasteiger partial charge < -0.3 is 10.3 Å². The third-order valence-electron chi connectivity index (χ3n) is 2.91. The first-order chi connectivity index (χ1) is 8.66. The summed E-state index contributed by atoms with van der Waals surface area (Å²) < 4.78 is 1.97. The second kappa shape index (κ2) is 3.99. The molecule has 0 saturated heterocycles. The van der Waals surface area contributed by atoms with Crippen molar-refractivity contribution in [3.63, 3.8) is 0 Å². The highest BCUT2D eigenvalue weighted by molar-refractivity contribution is 6.31. The molecule has 2 aromatic heterocycles. The van der Waals surface area contributed by atoms with Crippen LogP contribution in [0.3, 0.4) is 0 Å². The molecule has 3 rings (SSSR count). The SMILES string of the molecule is Cn1c(-c2ccc(Cl)cc2N)nc2ncccc21. The molecular formula is C13H11ClN4. The molecule has 0 saturated carbocycles. The fourth-order valence-corrected chi connectivity index (χ4v) is 2.18. The van der Waals surface area contributed by atoms with Crippen molar-refractivity contribution in [2.24, 2.45) is 7.05 Å². The summed E-state index contributed by atoms with van der Waals surface area (Å²) in [6.45, 7) is 0. The van der Waals surface area contributed by atoms with Gasteiger partial charge in [-0.25, -0.2) is 9.97 Å². The Morgan fingerprint density at radius 1 is 1.28 bits per heavy atom. The molecule has 90 valence electrons. The van der Waals surface area contributed by atoms with E-state index in [2.05, 4.69) is 9.97 Å². The average Bonchev–Trinajstić information content (AvgIpc) is 2.68. The first kappa shape index (κ1) is 11.0. The van der Waals surface area contributed by atoms with Crippen molar-refractivity contribution in [3.05, 3.63) is 41.6 Å². The minimum atomic E-state index is 0.612. The van der Waals surface area contributed by atoms with Crippen molar-refractivity contribution in [1.82, 2.24) is 14.5 Å². The highest BCUT2D eigenvalue weighted by atomic mass is 35.5. The molecule has 0 spiro atoms. The molecular weight excluding hydrogens is 248 g/mol. The number of nitrogens with two attached hydrogens (primary N) is 1. The number of nitrogen functional groups attached to an aromatic ring is 1. The lowest BCUT2D eigenvalue weighted by Gasteiger charge is -2.06. The average molecular weight is 259 g/mol. The van der Waals surface area contributed by atoms with Gasteiger partial charge in [0.25, 0.3) is 0 Å². The smallest absolute Gasteiger partial charge is 0.178 e. The number of benzene rings is 1. The minimum Gasteiger partial charge on any atom is -0.398 e. The maximum absolute atomic E-state index is 5.99. The predicted molar refractivity (Wildman–Crippen MR) is 73.4 cm³/mol. The molecule has 0 amide bonds. The molecule has 0 aliphatic rings. The number of aryl methyl sites for hydroxylation is 1. The highest BCUT2D eigenvalue weighted by Gasteiger charge is 2.12. The lowest BCUT2D eigenvalue weighted by atomic mass is 10.1. The molecule has 3 aromatic rings. The quantitative estimate of drug-likeness (QED) is 0.683. The van der Waals surface area contributed by atoms with Gasteiger partial charge in [-0.3, -0.25) is 0 Å². The monoisotopic (exact) mass is 258 g/mol. The van der Waals surface area contributed by atoms with Crippen LogP contribution in [0, 0.1) is 0 Å². The number of fused-ring (bicyclic) bond motifs is 1. The number of aromatic nitrogens is 3. The standard InChI is InChI=1S/C13H11ClN4/c1-18-11-3-2-6-16-12(11)17-13(18)9-5-4-8(14)7-10(9)15/h2-7H,15H2,1H3. The summed E-state index contributed by atoms with van der Waals surface area (Å²) in [5, 5.41) is 0.619. The van der Waals surface area contributed by atoms with E-state index in [9.17, 15) is 0 Å². The van der Waals surface area contributed by atoms with E-state index in [0.717, 1.165) is 16.9 Å². The van der Waals surface area contributed by atoms with Crippen molar-refractivity contribution in [2.45, 2.75) is 0 Å². The normalized spacial score (nSPS) is 11.0. The largest absolute Gasteiger partial charge is 0.398 e. The molecule has 0 radical (unpaired) electrons. The van der Waals surface area contributed by atoms with Crippen LogP contribution in [0.15, 0.2) is 36.5 Å². The van der Waals surface area contributed by atoms with Gasteiger partial charge in [0.2, 0.25) is 0 Å². The van der Waals surface area contributed by atoms with Gasteiger partial charge >= 0.3 is 0 Å². The fourth-order valence-electron chi connectivity index (χ4n) is 2.00. The van der Waals surface area contributed by atoms with Crippen molar-refractivity contribution in [1.29, 1.82) is 0 Å².